The molecular weight excluding hydrogens is 476 g/mol. The first-order chi connectivity index (χ1) is 18.1. The number of oxazole rings is 1. The zero-order chi connectivity index (χ0) is 25.5. The van der Waals surface area contributed by atoms with Gasteiger partial charge in [0.25, 0.3) is 0 Å². The largest absolute Gasteiger partial charge is 0.496 e. The Labute approximate surface area is 215 Å². The average Bonchev–Trinajstić information content (AvgIpc) is 3.63. The molecule has 3 N–H and O–H groups in total. The zero-order valence-electron chi connectivity index (χ0n) is 20.8. The number of rotatable bonds is 9. The number of methoxy groups -OCH3 is 1. The molecule has 2 saturated heterocycles. The smallest absolute Gasteiger partial charge is 0.407 e. The van der Waals surface area contributed by atoms with Crippen LogP contribution >= 0.6 is 0 Å². The molecule has 0 spiro atoms. The van der Waals surface area contributed by atoms with Gasteiger partial charge in [-0.15, -0.1) is 0 Å². The van der Waals surface area contributed by atoms with Gasteiger partial charge in [-0.05, 0) is 42.7 Å². The lowest BCUT2D eigenvalue weighted by molar-refractivity contribution is -0.0372. The van der Waals surface area contributed by atoms with Gasteiger partial charge in [0.15, 0.2) is 12.2 Å². The number of carbonyl (C=O) groups is 1. The van der Waals surface area contributed by atoms with Crippen molar-refractivity contribution in [1.82, 2.24) is 10.3 Å². The third-order valence-electron chi connectivity index (χ3n) is 6.39. The molecule has 0 saturated carbocycles. The molecule has 1 unspecified atom stereocenters. The van der Waals surface area contributed by atoms with Crippen molar-refractivity contribution in [3.63, 3.8) is 0 Å². The maximum Gasteiger partial charge on any atom is 0.407 e. The zero-order valence-corrected chi connectivity index (χ0v) is 20.8. The number of nitrogens with zero attached hydrogens (tertiary/aromatic N) is 1. The SMILES string of the molecule is COc1cc(NC2(Nc3cccc(CNC(=O)O[C@H]4CCOC4)c3)CCCCO2)ccc1-c1cnco1. The maximum absolute atomic E-state index is 12.1. The van der Waals surface area contributed by atoms with Gasteiger partial charge in [-0.2, -0.15) is 0 Å². The van der Waals surface area contributed by atoms with Crippen LogP contribution in [-0.4, -0.2) is 50.0 Å². The van der Waals surface area contributed by atoms with E-state index in [1.54, 1.807) is 13.3 Å². The second-order valence-electron chi connectivity index (χ2n) is 9.11. The molecule has 0 bridgehead atoms. The molecule has 2 atom stereocenters. The molecule has 3 heterocycles. The number of ether oxygens (including phenoxy) is 4. The number of benzene rings is 2. The van der Waals surface area contributed by atoms with Gasteiger partial charge in [-0.3, -0.25) is 0 Å². The van der Waals surface area contributed by atoms with E-state index in [4.69, 9.17) is 23.4 Å². The van der Waals surface area contributed by atoms with Crippen LogP contribution in [0.15, 0.2) is 59.5 Å². The first-order valence-corrected chi connectivity index (χ1v) is 12.5. The van der Waals surface area contributed by atoms with E-state index < -0.39 is 11.9 Å². The predicted octanol–water partition coefficient (Wildman–Crippen LogP) is 4.74. The summed E-state index contributed by atoms with van der Waals surface area (Å²) in [6.07, 6.45) is 5.93. The van der Waals surface area contributed by atoms with Crippen molar-refractivity contribution < 1.29 is 28.2 Å². The highest BCUT2D eigenvalue weighted by Gasteiger charge is 2.33. The summed E-state index contributed by atoms with van der Waals surface area (Å²) in [6.45, 7) is 2.06. The van der Waals surface area contributed by atoms with Crippen molar-refractivity contribution in [3.05, 3.63) is 60.6 Å². The molecule has 10 nitrogen and oxygen atoms in total. The Morgan fingerprint density at radius 3 is 2.76 bits per heavy atom. The van der Waals surface area contributed by atoms with Crippen LogP contribution < -0.4 is 20.7 Å². The number of hydrogen-bond donors (Lipinski definition) is 3. The molecular formula is C27H32N4O6. The molecule has 0 aliphatic carbocycles. The summed E-state index contributed by atoms with van der Waals surface area (Å²) in [4.78, 5) is 16.1. The van der Waals surface area contributed by atoms with E-state index in [0.717, 1.165) is 48.2 Å². The standard InChI is InChI=1S/C27H32N4O6/c1-33-24-14-21(7-8-23(24)25-16-28-18-35-25)31-27(10-2-3-11-36-27)30-20-6-4-5-19(13-20)15-29-26(32)37-22-9-12-34-17-22/h4-8,13-14,16,18,22,30-31H,2-3,9-12,15,17H2,1H3,(H,29,32)/t22-,27?/m0/s1. The molecule has 196 valence electrons. The quantitative estimate of drug-likeness (QED) is 0.352. The van der Waals surface area contributed by atoms with Crippen molar-refractivity contribution in [2.75, 3.05) is 37.6 Å². The molecule has 37 heavy (non-hydrogen) atoms. The van der Waals surface area contributed by atoms with Crippen molar-refractivity contribution in [2.24, 2.45) is 0 Å². The maximum atomic E-state index is 12.1. The van der Waals surface area contributed by atoms with Crippen LogP contribution in [0.25, 0.3) is 11.3 Å². The Hall–Kier alpha value is -3.76. The molecule has 1 amide bonds. The number of alkyl carbamates (subject to hydrolysis) is 1. The Morgan fingerprint density at radius 1 is 1.14 bits per heavy atom. The number of anilines is 2. The van der Waals surface area contributed by atoms with E-state index in [1.807, 2.05) is 42.5 Å². The normalized spacial score (nSPS) is 21.3. The minimum atomic E-state index is -0.801. The Morgan fingerprint density at radius 2 is 2.03 bits per heavy atom. The fraction of sp³-hybridized carbons (Fsp3) is 0.407. The van der Waals surface area contributed by atoms with Gasteiger partial charge >= 0.3 is 6.09 Å². The monoisotopic (exact) mass is 508 g/mol. The molecule has 2 aromatic carbocycles. The first kappa shape index (κ1) is 24.9. The number of nitrogens with one attached hydrogen (secondary N) is 3. The van der Waals surface area contributed by atoms with Crippen LogP contribution in [0.1, 0.15) is 31.2 Å². The highest BCUT2D eigenvalue weighted by molar-refractivity contribution is 5.70. The fourth-order valence-corrected chi connectivity index (χ4v) is 4.54. The lowest BCUT2D eigenvalue weighted by atomic mass is 10.1. The Bertz CT molecular complexity index is 1170. The van der Waals surface area contributed by atoms with Crippen molar-refractivity contribution in [3.8, 4) is 17.1 Å². The van der Waals surface area contributed by atoms with E-state index in [2.05, 4.69) is 20.9 Å². The summed E-state index contributed by atoms with van der Waals surface area (Å²) >= 11 is 0. The van der Waals surface area contributed by atoms with Gasteiger partial charge in [0.05, 0.1) is 38.7 Å². The number of amides is 1. The van der Waals surface area contributed by atoms with Crippen LogP contribution in [-0.2, 0) is 20.8 Å². The van der Waals surface area contributed by atoms with Crippen molar-refractivity contribution in [2.45, 2.75) is 44.2 Å². The van der Waals surface area contributed by atoms with Crippen LogP contribution in [0.4, 0.5) is 16.2 Å². The Kier molecular flexibility index (Phi) is 7.76. The minimum absolute atomic E-state index is 0.175. The summed E-state index contributed by atoms with van der Waals surface area (Å²) < 4.78 is 28.0. The summed E-state index contributed by atoms with van der Waals surface area (Å²) in [5.74, 6) is 0.498. The summed E-state index contributed by atoms with van der Waals surface area (Å²) in [6, 6.07) is 13.7. The average molecular weight is 509 g/mol. The molecule has 2 aliphatic rings. The summed E-state index contributed by atoms with van der Waals surface area (Å²) in [5.41, 5.74) is 3.47. The van der Waals surface area contributed by atoms with Gasteiger partial charge in [-0.25, -0.2) is 9.78 Å². The topological polar surface area (TPSA) is 116 Å². The van der Waals surface area contributed by atoms with Crippen LogP contribution in [0.5, 0.6) is 5.75 Å². The third kappa shape index (κ3) is 6.33. The third-order valence-corrected chi connectivity index (χ3v) is 6.39. The van der Waals surface area contributed by atoms with E-state index in [1.165, 1.54) is 6.39 Å². The number of carbonyl (C=O) groups excluding carboxylic acids is 1. The van der Waals surface area contributed by atoms with Crippen molar-refractivity contribution >= 4 is 17.5 Å². The molecule has 0 radical (unpaired) electrons. The molecule has 3 aromatic rings. The summed E-state index contributed by atoms with van der Waals surface area (Å²) in [5, 5.41) is 9.90. The lowest BCUT2D eigenvalue weighted by Gasteiger charge is -2.40. The number of hydrogen-bond acceptors (Lipinski definition) is 9. The molecule has 2 fully saturated rings. The fourth-order valence-electron chi connectivity index (χ4n) is 4.54. The molecule has 10 heteroatoms. The van der Waals surface area contributed by atoms with Gasteiger partial charge in [0.2, 0.25) is 5.85 Å². The van der Waals surface area contributed by atoms with Gasteiger partial charge in [0.1, 0.15) is 11.9 Å². The Balaban J connectivity index is 1.27. The van der Waals surface area contributed by atoms with E-state index in [-0.39, 0.29) is 6.10 Å². The van der Waals surface area contributed by atoms with Crippen LogP contribution in [0.2, 0.25) is 0 Å². The van der Waals surface area contributed by atoms with Gasteiger partial charge < -0.3 is 39.3 Å². The predicted molar refractivity (Wildman–Crippen MR) is 137 cm³/mol. The minimum Gasteiger partial charge on any atom is -0.496 e. The van der Waals surface area contributed by atoms with E-state index >= 15 is 0 Å². The number of aromatic nitrogens is 1. The lowest BCUT2D eigenvalue weighted by Crippen LogP contribution is -2.50. The first-order valence-electron chi connectivity index (χ1n) is 12.5. The van der Waals surface area contributed by atoms with Crippen LogP contribution in [0.3, 0.4) is 0 Å². The van der Waals surface area contributed by atoms with Gasteiger partial charge in [0, 0.05) is 36.8 Å². The van der Waals surface area contributed by atoms with Crippen molar-refractivity contribution in [1.29, 1.82) is 0 Å². The highest BCUT2D eigenvalue weighted by Crippen LogP contribution is 2.35. The highest BCUT2D eigenvalue weighted by atomic mass is 16.6. The second kappa shape index (κ2) is 11.5. The molecule has 5 rings (SSSR count). The molecule has 2 aliphatic heterocycles. The van der Waals surface area contributed by atoms with E-state index in [9.17, 15) is 4.79 Å². The van der Waals surface area contributed by atoms with E-state index in [0.29, 0.717) is 37.9 Å². The van der Waals surface area contributed by atoms with Crippen LogP contribution in [0, 0.1) is 0 Å². The van der Waals surface area contributed by atoms with Gasteiger partial charge in [-0.1, -0.05) is 12.1 Å². The second-order valence-corrected chi connectivity index (χ2v) is 9.11. The molecule has 1 aromatic heterocycles. The summed E-state index contributed by atoms with van der Waals surface area (Å²) in [7, 11) is 1.63.